The highest BCUT2D eigenvalue weighted by molar-refractivity contribution is 7.89. The fraction of sp³-hybridized carbons (Fsp3) is 0.467. The maximum Gasteiger partial charge on any atom is 0.360 e. The van der Waals surface area contributed by atoms with E-state index in [1.165, 1.54) is 31.4 Å². The number of hydrogen-bond acceptors (Lipinski definition) is 8. The summed E-state index contributed by atoms with van der Waals surface area (Å²) in [5, 5.41) is 12.6. The molecule has 1 aliphatic heterocycles. The van der Waals surface area contributed by atoms with Crippen molar-refractivity contribution in [3.05, 3.63) is 29.8 Å². The van der Waals surface area contributed by atoms with E-state index in [-0.39, 0.29) is 29.9 Å². The van der Waals surface area contributed by atoms with Crippen LogP contribution in [-0.4, -0.2) is 64.8 Å². The largest absolute Gasteiger partial charge is 0.464 e. The topological polar surface area (TPSA) is 124 Å². The number of aliphatic hydroxyl groups is 1. The van der Waals surface area contributed by atoms with Crippen LogP contribution in [-0.2, 0) is 29.1 Å². The van der Waals surface area contributed by atoms with Crippen LogP contribution in [0.3, 0.4) is 0 Å². The molecule has 0 unspecified atom stereocenters. The van der Waals surface area contributed by atoms with E-state index in [0.717, 1.165) is 0 Å². The van der Waals surface area contributed by atoms with E-state index in [9.17, 15) is 13.2 Å². The molecule has 1 heterocycles. The zero-order chi connectivity index (χ0) is 18.3. The molecule has 0 aromatic heterocycles. The normalized spacial score (nSPS) is 18.2. The summed E-state index contributed by atoms with van der Waals surface area (Å²) < 4.78 is 36.0. The van der Waals surface area contributed by atoms with Gasteiger partial charge in [-0.25, -0.2) is 17.9 Å². The van der Waals surface area contributed by atoms with E-state index in [4.69, 9.17) is 19.4 Å². The second-order valence-electron chi connectivity index (χ2n) is 5.17. The lowest BCUT2D eigenvalue weighted by Gasteiger charge is -2.09. The van der Waals surface area contributed by atoms with Crippen molar-refractivity contribution in [2.24, 2.45) is 5.16 Å². The van der Waals surface area contributed by atoms with E-state index in [1.54, 1.807) is 0 Å². The van der Waals surface area contributed by atoms with Crippen molar-refractivity contribution in [2.45, 2.75) is 17.4 Å². The molecule has 10 heteroatoms. The van der Waals surface area contributed by atoms with Gasteiger partial charge >= 0.3 is 5.97 Å². The van der Waals surface area contributed by atoms with Gasteiger partial charge in [0.25, 0.3) is 0 Å². The van der Waals surface area contributed by atoms with E-state index in [0.29, 0.717) is 25.2 Å². The fourth-order valence-electron chi connectivity index (χ4n) is 2.08. The molecule has 0 bridgehead atoms. The number of carbonyl (C=O) groups is 1. The molecule has 0 saturated carbocycles. The number of esters is 1. The average molecular weight is 372 g/mol. The van der Waals surface area contributed by atoms with Crippen LogP contribution in [0.5, 0.6) is 0 Å². The second-order valence-corrected chi connectivity index (χ2v) is 6.94. The third-order valence-electron chi connectivity index (χ3n) is 3.40. The Morgan fingerprint density at radius 1 is 1.40 bits per heavy atom. The Kier molecular flexibility index (Phi) is 6.88. The number of nitrogens with zero attached hydrogens (tertiary/aromatic N) is 1. The molecule has 1 aliphatic rings. The molecule has 1 atom stereocenters. The summed E-state index contributed by atoms with van der Waals surface area (Å²) in [6.45, 7) is 0.571. The fourth-order valence-corrected chi connectivity index (χ4v) is 3.10. The average Bonchev–Trinajstić information content (AvgIpc) is 3.14. The minimum Gasteiger partial charge on any atom is -0.464 e. The monoisotopic (exact) mass is 372 g/mol. The van der Waals surface area contributed by atoms with Gasteiger partial charge in [-0.05, 0) is 12.1 Å². The Morgan fingerprint density at radius 2 is 2.12 bits per heavy atom. The first-order valence-electron chi connectivity index (χ1n) is 7.58. The molecule has 1 saturated heterocycles. The molecule has 1 fully saturated rings. The minimum absolute atomic E-state index is 0.000901. The van der Waals surface area contributed by atoms with Gasteiger partial charge in [0.15, 0.2) is 11.8 Å². The molecular formula is C15H20N2O7S. The van der Waals surface area contributed by atoms with Crippen molar-refractivity contribution in [1.29, 1.82) is 0 Å². The van der Waals surface area contributed by atoms with Crippen LogP contribution in [0, 0.1) is 0 Å². The van der Waals surface area contributed by atoms with Crippen molar-refractivity contribution >= 4 is 21.7 Å². The molecule has 0 spiro atoms. The van der Waals surface area contributed by atoms with Gasteiger partial charge in [0.2, 0.25) is 10.0 Å². The highest BCUT2D eigenvalue weighted by atomic mass is 32.2. The Morgan fingerprint density at radius 3 is 2.68 bits per heavy atom. The lowest BCUT2D eigenvalue weighted by Crippen LogP contribution is -2.26. The summed E-state index contributed by atoms with van der Waals surface area (Å²) >= 11 is 0. The van der Waals surface area contributed by atoms with Gasteiger partial charge < -0.3 is 19.4 Å². The molecule has 138 valence electrons. The first kappa shape index (κ1) is 19.3. The van der Waals surface area contributed by atoms with Gasteiger partial charge in [-0.15, -0.1) is 0 Å². The molecule has 0 radical (unpaired) electrons. The van der Waals surface area contributed by atoms with E-state index in [2.05, 4.69) is 9.88 Å². The van der Waals surface area contributed by atoms with Crippen molar-refractivity contribution in [3.8, 4) is 0 Å². The number of aliphatic hydroxyl groups excluding tert-OH is 1. The predicted molar refractivity (Wildman–Crippen MR) is 87.6 cm³/mol. The number of hydrogen-bond donors (Lipinski definition) is 2. The summed E-state index contributed by atoms with van der Waals surface area (Å²) in [5.74, 6) is -0.701. The van der Waals surface area contributed by atoms with Gasteiger partial charge in [0.1, 0.15) is 0 Å². The molecular weight excluding hydrogens is 352 g/mol. The van der Waals surface area contributed by atoms with Gasteiger partial charge in [0, 0.05) is 18.5 Å². The number of benzene rings is 1. The van der Waals surface area contributed by atoms with Crippen molar-refractivity contribution < 1.29 is 32.6 Å². The van der Waals surface area contributed by atoms with Crippen LogP contribution in [0.4, 0.5) is 0 Å². The zero-order valence-corrected chi connectivity index (χ0v) is 14.5. The number of oxime groups is 1. The number of methoxy groups -OCH3 is 1. The Hall–Kier alpha value is -2.01. The maximum absolute atomic E-state index is 12.0. The standard InChI is InChI=1S/C15H20N2O7S/c1-22-15(19)14(17-24-12-6-9-23-10-12)11-2-4-13(5-3-11)25(20,21)16-7-8-18/h2-5,12,16,18H,6-10H2,1H3/t12-/m1/s1. The lowest BCUT2D eigenvalue weighted by molar-refractivity contribution is -0.132. The number of rotatable bonds is 8. The SMILES string of the molecule is COC(=O)C(=NO[C@@H]1CCOC1)c1ccc(S(=O)(=O)NCCO)cc1. The van der Waals surface area contributed by atoms with Crippen LogP contribution < -0.4 is 4.72 Å². The van der Waals surface area contributed by atoms with Crippen molar-refractivity contribution in [1.82, 2.24) is 4.72 Å². The highest BCUT2D eigenvalue weighted by Gasteiger charge is 2.21. The quantitative estimate of drug-likeness (QED) is 0.363. The Labute approximate surface area is 145 Å². The van der Waals surface area contributed by atoms with Crippen LogP contribution >= 0.6 is 0 Å². The lowest BCUT2D eigenvalue weighted by atomic mass is 10.1. The number of sulfonamides is 1. The predicted octanol–water partition coefficient (Wildman–Crippen LogP) is -0.360. The maximum atomic E-state index is 12.0. The van der Waals surface area contributed by atoms with Crippen molar-refractivity contribution in [3.63, 3.8) is 0 Å². The smallest absolute Gasteiger partial charge is 0.360 e. The molecule has 9 nitrogen and oxygen atoms in total. The molecule has 25 heavy (non-hydrogen) atoms. The molecule has 2 rings (SSSR count). The summed E-state index contributed by atoms with van der Waals surface area (Å²) in [6, 6.07) is 5.51. The van der Waals surface area contributed by atoms with Gasteiger partial charge in [-0.2, -0.15) is 0 Å². The first-order valence-corrected chi connectivity index (χ1v) is 9.07. The van der Waals surface area contributed by atoms with Gasteiger partial charge in [0.05, 0.1) is 31.8 Å². The summed E-state index contributed by atoms with van der Waals surface area (Å²) in [4.78, 5) is 17.2. The Balaban J connectivity index is 2.20. The molecule has 1 aromatic rings. The van der Waals surface area contributed by atoms with Crippen molar-refractivity contribution in [2.75, 3.05) is 33.5 Å². The Bertz CT molecular complexity index is 710. The van der Waals surface area contributed by atoms with Crippen LogP contribution in [0.15, 0.2) is 34.3 Å². The number of nitrogens with one attached hydrogen (secondary N) is 1. The molecule has 1 aromatic carbocycles. The minimum atomic E-state index is -3.73. The number of carbonyl (C=O) groups excluding carboxylic acids is 1. The molecule has 0 aliphatic carbocycles. The van der Waals surface area contributed by atoms with Gasteiger partial charge in [-0.1, -0.05) is 17.3 Å². The highest BCUT2D eigenvalue weighted by Crippen LogP contribution is 2.14. The summed E-state index contributed by atoms with van der Waals surface area (Å²) in [5.41, 5.74) is 0.286. The van der Waals surface area contributed by atoms with Crippen LogP contribution in [0.2, 0.25) is 0 Å². The van der Waals surface area contributed by atoms with E-state index in [1.807, 2.05) is 0 Å². The molecule has 2 N–H and O–H groups in total. The summed E-state index contributed by atoms with van der Waals surface area (Å²) in [7, 11) is -2.51. The molecule has 0 amide bonds. The van der Waals surface area contributed by atoms with E-state index >= 15 is 0 Å². The number of ether oxygens (including phenoxy) is 2. The third kappa shape index (κ3) is 5.23. The second kappa shape index (κ2) is 8.90. The zero-order valence-electron chi connectivity index (χ0n) is 13.7. The first-order chi connectivity index (χ1) is 12.0. The van der Waals surface area contributed by atoms with Crippen LogP contribution in [0.25, 0.3) is 0 Å². The third-order valence-corrected chi connectivity index (χ3v) is 4.88. The summed E-state index contributed by atoms with van der Waals surface area (Å²) in [6.07, 6.45) is 0.438. The van der Waals surface area contributed by atoms with E-state index < -0.39 is 16.0 Å². The van der Waals surface area contributed by atoms with Gasteiger partial charge in [-0.3, -0.25) is 0 Å². The van der Waals surface area contributed by atoms with Crippen LogP contribution in [0.1, 0.15) is 12.0 Å².